The first-order chi connectivity index (χ1) is 7.13. The Kier molecular flexibility index (Phi) is 5.15. The summed E-state index contributed by atoms with van der Waals surface area (Å²) in [5.74, 6) is 0. The molecule has 0 heterocycles. The van der Waals surface area contributed by atoms with E-state index in [1.54, 1.807) is 11.8 Å². The van der Waals surface area contributed by atoms with Crippen LogP contribution in [0.25, 0.3) is 0 Å². The molecule has 84 valence electrons. The number of likely N-dealkylation sites (N-methyl/N-ethyl adjacent to an activating group) is 1. The SMILES string of the molecule is CSc1ccccc1CN(C)CC(C)O. The maximum absolute atomic E-state index is 9.28. The smallest absolute Gasteiger partial charge is 0.0639 e. The minimum absolute atomic E-state index is 0.267. The first-order valence-electron chi connectivity index (χ1n) is 5.12. The van der Waals surface area contributed by atoms with Gasteiger partial charge in [-0.25, -0.2) is 0 Å². The van der Waals surface area contributed by atoms with E-state index in [0.717, 1.165) is 6.54 Å². The lowest BCUT2D eigenvalue weighted by molar-refractivity contribution is 0.138. The Balaban J connectivity index is 2.63. The number of hydrogen-bond acceptors (Lipinski definition) is 3. The molecule has 0 spiro atoms. The summed E-state index contributed by atoms with van der Waals surface area (Å²) in [6, 6.07) is 8.40. The van der Waals surface area contributed by atoms with Crippen molar-refractivity contribution in [1.29, 1.82) is 0 Å². The molecule has 0 bridgehead atoms. The van der Waals surface area contributed by atoms with Crippen molar-refractivity contribution in [2.75, 3.05) is 19.8 Å². The number of thioether (sulfide) groups is 1. The van der Waals surface area contributed by atoms with Crippen LogP contribution in [0.3, 0.4) is 0 Å². The number of aliphatic hydroxyl groups is 1. The lowest BCUT2D eigenvalue weighted by Gasteiger charge is -2.19. The van der Waals surface area contributed by atoms with Crippen LogP contribution in [0.5, 0.6) is 0 Å². The third kappa shape index (κ3) is 4.24. The molecule has 0 radical (unpaired) electrons. The van der Waals surface area contributed by atoms with Gasteiger partial charge in [0.1, 0.15) is 0 Å². The first-order valence-corrected chi connectivity index (χ1v) is 6.34. The quantitative estimate of drug-likeness (QED) is 0.777. The Labute approximate surface area is 96.3 Å². The maximum atomic E-state index is 9.28. The third-order valence-corrected chi connectivity index (χ3v) is 3.05. The number of rotatable bonds is 5. The van der Waals surface area contributed by atoms with E-state index >= 15 is 0 Å². The Morgan fingerprint density at radius 3 is 2.67 bits per heavy atom. The van der Waals surface area contributed by atoms with Crippen molar-refractivity contribution in [2.24, 2.45) is 0 Å². The maximum Gasteiger partial charge on any atom is 0.0639 e. The Bertz CT molecular complexity index is 301. The fourth-order valence-electron chi connectivity index (χ4n) is 1.64. The van der Waals surface area contributed by atoms with Crippen LogP contribution in [-0.2, 0) is 6.54 Å². The summed E-state index contributed by atoms with van der Waals surface area (Å²) in [6.45, 7) is 3.42. The van der Waals surface area contributed by atoms with Gasteiger partial charge < -0.3 is 5.11 Å². The van der Waals surface area contributed by atoms with Crippen LogP contribution in [0, 0.1) is 0 Å². The van der Waals surface area contributed by atoms with Crippen molar-refractivity contribution in [1.82, 2.24) is 4.90 Å². The lowest BCUT2D eigenvalue weighted by atomic mass is 10.2. The van der Waals surface area contributed by atoms with Gasteiger partial charge in [-0.3, -0.25) is 4.90 Å². The van der Waals surface area contributed by atoms with Gasteiger partial charge in [-0.15, -0.1) is 11.8 Å². The van der Waals surface area contributed by atoms with Crippen molar-refractivity contribution in [3.8, 4) is 0 Å². The van der Waals surface area contributed by atoms with Crippen LogP contribution >= 0.6 is 11.8 Å². The van der Waals surface area contributed by atoms with Gasteiger partial charge in [-0.2, -0.15) is 0 Å². The molecular weight excluding hydrogens is 206 g/mol. The summed E-state index contributed by atoms with van der Waals surface area (Å²) in [6.07, 6.45) is 1.82. The molecule has 1 aromatic rings. The summed E-state index contributed by atoms with van der Waals surface area (Å²) in [5, 5.41) is 9.28. The number of hydrogen-bond donors (Lipinski definition) is 1. The van der Waals surface area contributed by atoms with Gasteiger partial charge in [0.05, 0.1) is 6.10 Å². The summed E-state index contributed by atoms with van der Waals surface area (Å²) in [7, 11) is 2.03. The monoisotopic (exact) mass is 225 g/mol. The summed E-state index contributed by atoms with van der Waals surface area (Å²) < 4.78 is 0. The molecule has 0 aliphatic carbocycles. The normalized spacial score (nSPS) is 13.1. The minimum Gasteiger partial charge on any atom is -0.392 e. The lowest BCUT2D eigenvalue weighted by Crippen LogP contribution is -2.26. The highest BCUT2D eigenvalue weighted by Crippen LogP contribution is 2.20. The van der Waals surface area contributed by atoms with Crippen molar-refractivity contribution >= 4 is 11.8 Å². The van der Waals surface area contributed by atoms with Crippen LogP contribution in [-0.4, -0.2) is 36.0 Å². The van der Waals surface area contributed by atoms with E-state index in [-0.39, 0.29) is 6.10 Å². The van der Waals surface area contributed by atoms with Crippen LogP contribution < -0.4 is 0 Å². The van der Waals surface area contributed by atoms with Crippen molar-refractivity contribution in [2.45, 2.75) is 24.5 Å². The van der Waals surface area contributed by atoms with Crippen LogP contribution in [0.4, 0.5) is 0 Å². The molecular formula is C12H19NOS. The molecule has 1 atom stereocenters. The molecule has 1 unspecified atom stereocenters. The van der Waals surface area contributed by atoms with Crippen LogP contribution in [0.1, 0.15) is 12.5 Å². The van der Waals surface area contributed by atoms with Crippen molar-refractivity contribution < 1.29 is 5.11 Å². The zero-order valence-electron chi connectivity index (χ0n) is 9.60. The topological polar surface area (TPSA) is 23.5 Å². The molecule has 0 amide bonds. The van der Waals surface area contributed by atoms with Crippen molar-refractivity contribution in [3.05, 3.63) is 29.8 Å². The number of benzene rings is 1. The highest BCUT2D eigenvalue weighted by atomic mass is 32.2. The average Bonchev–Trinajstić information content (AvgIpc) is 2.17. The molecule has 3 heteroatoms. The standard InChI is InChI=1S/C12H19NOS/c1-10(14)8-13(2)9-11-6-4-5-7-12(11)15-3/h4-7,10,14H,8-9H2,1-3H3. The molecule has 0 saturated heterocycles. The first kappa shape index (κ1) is 12.6. The molecule has 1 rings (SSSR count). The fourth-order valence-corrected chi connectivity index (χ4v) is 2.25. The highest BCUT2D eigenvalue weighted by Gasteiger charge is 2.06. The van der Waals surface area contributed by atoms with Gasteiger partial charge in [-0.1, -0.05) is 18.2 Å². The van der Waals surface area contributed by atoms with E-state index in [1.165, 1.54) is 10.5 Å². The molecule has 1 aromatic carbocycles. The molecule has 0 aliphatic heterocycles. The van der Waals surface area contributed by atoms with E-state index in [2.05, 4.69) is 35.4 Å². The Morgan fingerprint density at radius 2 is 2.07 bits per heavy atom. The second-order valence-corrected chi connectivity index (χ2v) is 4.71. The molecule has 2 nitrogen and oxygen atoms in total. The largest absolute Gasteiger partial charge is 0.392 e. The predicted octanol–water partition coefficient (Wildman–Crippen LogP) is 2.22. The zero-order valence-corrected chi connectivity index (χ0v) is 10.4. The Hall–Kier alpha value is -0.510. The van der Waals surface area contributed by atoms with Gasteiger partial charge in [0.15, 0.2) is 0 Å². The molecule has 0 saturated carbocycles. The molecule has 0 aromatic heterocycles. The Morgan fingerprint density at radius 1 is 1.40 bits per heavy atom. The zero-order chi connectivity index (χ0) is 11.3. The van der Waals surface area contributed by atoms with Crippen LogP contribution in [0.15, 0.2) is 29.2 Å². The second-order valence-electron chi connectivity index (χ2n) is 3.86. The van der Waals surface area contributed by atoms with E-state index in [1.807, 2.05) is 14.0 Å². The van der Waals surface area contributed by atoms with Gasteiger partial charge >= 0.3 is 0 Å². The van der Waals surface area contributed by atoms with Crippen molar-refractivity contribution in [3.63, 3.8) is 0 Å². The fraction of sp³-hybridized carbons (Fsp3) is 0.500. The number of aliphatic hydroxyl groups excluding tert-OH is 1. The van der Waals surface area contributed by atoms with Gasteiger partial charge in [0, 0.05) is 18.0 Å². The summed E-state index contributed by atoms with van der Waals surface area (Å²) in [4.78, 5) is 3.45. The van der Waals surface area contributed by atoms with Gasteiger partial charge in [0.2, 0.25) is 0 Å². The molecule has 15 heavy (non-hydrogen) atoms. The van der Waals surface area contributed by atoms with Gasteiger partial charge in [-0.05, 0) is 31.9 Å². The second kappa shape index (κ2) is 6.16. The molecule has 0 aliphatic rings. The summed E-state index contributed by atoms with van der Waals surface area (Å²) >= 11 is 1.77. The van der Waals surface area contributed by atoms with E-state index in [9.17, 15) is 5.11 Å². The average molecular weight is 225 g/mol. The van der Waals surface area contributed by atoms with Gasteiger partial charge in [0.25, 0.3) is 0 Å². The van der Waals surface area contributed by atoms with Crippen LogP contribution in [0.2, 0.25) is 0 Å². The predicted molar refractivity (Wildman–Crippen MR) is 66.2 cm³/mol. The van der Waals surface area contributed by atoms with E-state index in [4.69, 9.17) is 0 Å². The molecule has 1 N–H and O–H groups in total. The number of nitrogens with zero attached hydrogens (tertiary/aromatic N) is 1. The van der Waals surface area contributed by atoms with E-state index in [0.29, 0.717) is 6.54 Å². The molecule has 0 fully saturated rings. The minimum atomic E-state index is -0.267. The third-order valence-electron chi connectivity index (χ3n) is 2.21. The highest BCUT2D eigenvalue weighted by molar-refractivity contribution is 7.98. The van der Waals surface area contributed by atoms with E-state index < -0.39 is 0 Å². The summed E-state index contributed by atoms with van der Waals surface area (Å²) in [5.41, 5.74) is 1.33.